The van der Waals surface area contributed by atoms with E-state index in [1.54, 1.807) is 42.5 Å². The van der Waals surface area contributed by atoms with E-state index in [4.69, 9.17) is 33.2 Å². The minimum atomic E-state index is -0.906. The van der Waals surface area contributed by atoms with Gasteiger partial charge < -0.3 is 33.2 Å². The Bertz CT molecular complexity index is 938. The summed E-state index contributed by atoms with van der Waals surface area (Å²) in [5, 5.41) is 10.6. The van der Waals surface area contributed by atoms with Crippen LogP contribution in [-0.4, -0.2) is 96.0 Å². The number of rotatable bonds is 22. The molecule has 0 aliphatic heterocycles. The first-order valence-electron chi connectivity index (χ1n) is 12.1. The molecular weight excluding hydrogens is 502 g/mol. The predicted molar refractivity (Wildman–Crippen MR) is 134 cm³/mol. The summed E-state index contributed by atoms with van der Waals surface area (Å²) in [5.74, 6) is -1.05. The van der Waals surface area contributed by atoms with Gasteiger partial charge in [-0.15, -0.1) is 0 Å². The molecule has 0 saturated heterocycles. The van der Waals surface area contributed by atoms with Crippen LogP contribution < -0.4 is 4.74 Å². The lowest BCUT2D eigenvalue weighted by Crippen LogP contribution is -2.20. The molecule has 208 valence electrons. The first-order chi connectivity index (χ1) is 18.6. The molecule has 0 bridgehead atoms. The molecule has 0 aliphatic rings. The molecule has 0 aromatic heterocycles. The molecule has 0 radical (unpaired) electrons. The van der Waals surface area contributed by atoms with Gasteiger partial charge in [0.15, 0.2) is 0 Å². The molecule has 0 saturated carbocycles. The molecule has 0 amide bonds. The van der Waals surface area contributed by atoms with Crippen LogP contribution in [0, 0.1) is 10.1 Å². The zero-order chi connectivity index (χ0) is 27.3. The first kappa shape index (κ1) is 30.8. The fraction of sp³-hybridized carbons (Fsp3) is 0.462. The molecule has 0 heterocycles. The smallest absolute Gasteiger partial charge is 0.379 e. The van der Waals surface area contributed by atoms with Gasteiger partial charge in [-0.3, -0.25) is 14.9 Å². The van der Waals surface area contributed by atoms with E-state index in [2.05, 4.69) is 0 Å². The van der Waals surface area contributed by atoms with Crippen LogP contribution in [0.1, 0.15) is 10.4 Å². The normalized spacial score (nSPS) is 10.7. The van der Waals surface area contributed by atoms with Gasteiger partial charge in [0.2, 0.25) is 0 Å². The van der Waals surface area contributed by atoms with Gasteiger partial charge >= 0.3 is 5.97 Å². The minimum absolute atomic E-state index is 0.0124. The zero-order valence-corrected chi connectivity index (χ0v) is 21.1. The Labute approximate surface area is 220 Å². The van der Waals surface area contributed by atoms with E-state index < -0.39 is 16.7 Å². The predicted octanol–water partition coefficient (Wildman–Crippen LogP) is 2.48. The van der Waals surface area contributed by atoms with Gasteiger partial charge in [-0.2, -0.15) is 0 Å². The van der Waals surface area contributed by atoms with Crippen LogP contribution in [0.4, 0.5) is 5.69 Å². The second-order valence-corrected chi connectivity index (χ2v) is 7.49. The number of non-ortho nitro benzene ring substituents is 1. The monoisotopic (exact) mass is 535 g/mol. The van der Waals surface area contributed by atoms with E-state index in [9.17, 15) is 19.7 Å². The molecule has 0 aliphatic carbocycles. The molecule has 0 unspecified atom stereocenters. The standard InChI is InChI=1S/C26H33NO11/c28-25(22-4-2-1-3-5-22)26(29)38-21-19-36-17-15-34-13-11-32-10-12-33-14-16-35-18-20-37-24-8-6-23(7-9-24)27(30)31/h1-9H,10-21H2. The number of hydrogen-bond donors (Lipinski definition) is 0. The molecular formula is C26H33NO11. The number of ketones is 1. The summed E-state index contributed by atoms with van der Waals surface area (Å²) >= 11 is 0. The van der Waals surface area contributed by atoms with Crippen molar-refractivity contribution in [3.63, 3.8) is 0 Å². The van der Waals surface area contributed by atoms with Crippen molar-refractivity contribution in [2.24, 2.45) is 0 Å². The summed E-state index contributed by atoms with van der Waals surface area (Å²) < 4.78 is 37.2. The molecule has 0 atom stereocenters. The first-order valence-corrected chi connectivity index (χ1v) is 12.1. The zero-order valence-electron chi connectivity index (χ0n) is 21.1. The van der Waals surface area contributed by atoms with Crippen LogP contribution in [-0.2, 0) is 33.2 Å². The van der Waals surface area contributed by atoms with E-state index >= 15 is 0 Å². The number of nitro groups is 1. The summed E-state index contributed by atoms with van der Waals surface area (Å²) in [6, 6.07) is 14.1. The highest BCUT2D eigenvalue weighted by Crippen LogP contribution is 2.17. The number of carbonyl (C=O) groups excluding carboxylic acids is 2. The number of benzene rings is 2. The summed E-state index contributed by atoms with van der Waals surface area (Å²) in [6.45, 7) is 4.05. The Kier molecular flexibility index (Phi) is 15.9. The third-order valence-electron chi connectivity index (χ3n) is 4.71. The Morgan fingerprint density at radius 1 is 0.605 bits per heavy atom. The number of carbonyl (C=O) groups is 2. The SMILES string of the molecule is O=C(OCCOCCOCCOCCOCCOCCOc1ccc([N+](=O)[O-])cc1)C(=O)c1ccccc1. The van der Waals surface area contributed by atoms with Crippen molar-refractivity contribution in [3.8, 4) is 5.75 Å². The molecule has 12 nitrogen and oxygen atoms in total. The van der Waals surface area contributed by atoms with Gasteiger partial charge in [0.25, 0.3) is 11.5 Å². The molecule has 0 fully saturated rings. The summed E-state index contributed by atoms with van der Waals surface area (Å²) in [7, 11) is 0. The van der Waals surface area contributed by atoms with Crippen molar-refractivity contribution >= 4 is 17.4 Å². The Hall–Kier alpha value is -3.42. The molecule has 2 aromatic carbocycles. The second-order valence-electron chi connectivity index (χ2n) is 7.49. The molecule has 0 N–H and O–H groups in total. The lowest BCUT2D eigenvalue weighted by Gasteiger charge is -2.09. The summed E-state index contributed by atoms with van der Waals surface area (Å²) in [6.07, 6.45) is 0. The Balaban J connectivity index is 1.28. The van der Waals surface area contributed by atoms with Gasteiger partial charge in [-0.25, -0.2) is 4.79 Å². The maximum absolute atomic E-state index is 11.8. The van der Waals surface area contributed by atoms with E-state index in [-0.39, 0.29) is 24.5 Å². The van der Waals surface area contributed by atoms with Gasteiger partial charge in [0, 0.05) is 17.7 Å². The number of nitro benzene ring substituents is 1. The number of nitrogens with zero attached hydrogens (tertiary/aromatic N) is 1. The maximum Gasteiger partial charge on any atom is 0.379 e. The van der Waals surface area contributed by atoms with Crippen molar-refractivity contribution in [2.75, 3.05) is 79.3 Å². The lowest BCUT2D eigenvalue weighted by molar-refractivity contribution is -0.384. The average molecular weight is 536 g/mol. The molecule has 12 heteroatoms. The quantitative estimate of drug-likeness (QED) is 0.0548. The number of hydrogen-bond acceptors (Lipinski definition) is 11. The number of Topliss-reactive ketones (excluding diaryl/α,β-unsaturated/α-hetero) is 1. The van der Waals surface area contributed by atoms with Crippen LogP contribution in [0.25, 0.3) is 0 Å². The van der Waals surface area contributed by atoms with Gasteiger partial charge in [-0.1, -0.05) is 30.3 Å². The molecule has 38 heavy (non-hydrogen) atoms. The Morgan fingerprint density at radius 2 is 1.05 bits per heavy atom. The lowest BCUT2D eigenvalue weighted by atomic mass is 10.1. The maximum atomic E-state index is 11.8. The van der Waals surface area contributed by atoms with Gasteiger partial charge in [0.05, 0.1) is 71.0 Å². The largest absolute Gasteiger partial charge is 0.491 e. The molecule has 2 rings (SSSR count). The van der Waals surface area contributed by atoms with Crippen LogP contribution in [0.5, 0.6) is 5.75 Å². The van der Waals surface area contributed by atoms with Crippen LogP contribution in [0.2, 0.25) is 0 Å². The highest BCUT2D eigenvalue weighted by Gasteiger charge is 2.17. The highest BCUT2D eigenvalue weighted by atomic mass is 16.6. The third-order valence-corrected chi connectivity index (χ3v) is 4.71. The van der Waals surface area contributed by atoms with E-state index in [1.807, 2.05) is 0 Å². The molecule has 0 spiro atoms. The number of ether oxygens (including phenoxy) is 7. The topological polar surface area (TPSA) is 142 Å². The minimum Gasteiger partial charge on any atom is -0.491 e. The highest BCUT2D eigenvalue weighted by molar-refractivity contribution is 6.40. The number of esters is 1. The van der Waals surface area contributed by atoms with Crippen LogP contribution in [0.15, 0.2) is 54.6 Å². The summed E-state index contributed by atoms with van der Waals surface area (Å²) in [4.78, 5) is 33.7. The fourth-order valence-corrected chi connectivity index (χ4v) is 2.83. The van der Waals surface area contributed by atoms with Gasteiger partial charge in [0.1, 0.15) is 19.0 Å². The Morgan fingerprint density at radius 3 is 1.53 bits per heavy atom. The van der Waals surface area contributed by atoms with Crippen molar-refractivity contribution < 1.29 is 47.7 Å². The average Bonchev–Trinajstić information content (AvgIpc) is 2.94. The van der Waals surface area contributed by atoms with Crippen molar-refractivity contribution in [1.29, 1.82) is 0 Å². The van der Waals surface area contributed by atoms with E-state index in [0.29, 0.717) is 71.8 Å². The fourth-order valence-electron chi connectivity index (χ4n) is 2.83. The molecule has 2 aromatic rings. The van der Waals surface area contributed by atoms with Crippen molar-refractivity contribution in [3.05, 3.63) is 70.3 Å². The van der Waals surface area contributed by atoms with Gasteiger partial charge in [-0.05, 0) is 12.1 Å². The van der Waals surface area contributed by atoms with E-state index in [1.165, 1.54) is 12.1 Å². The third kappa shape index (κ3) is 13.8. The summed E-state index contributed by atoms with van der Waals surface area (Å²) in [5.41, 5.74) is 0.303. The van der Waals surface area contributed by atoms with E-state index in [0.717, 1.165) is 0 Å². The van der Waals surface area contributed by atoms with Crippen molar-refractivity contribution in [1.82, 2.24) is 0 Å². The van der Waals surface area contributed by atoms with Crippen LogP contribution >= 0.6 is 0 Å². The van der Waals surface area contributed by atoms with Crippen molar-refractivity contribution in [2.45, 2.75) is 0 Å². The second kappa shape index (κ2) is 19.7. The van der Waals surface area contributed by atoms with Crippen LogP contribution in [0.3, 0.4) is 0 Å².